The Morgan fingerprint density at radius 1 is 0.311 bits per heavy atom. The maximum absolute atomic E-state index is 2.39. The van der Waals surface area contributed by atoms with Crippen molar-refractivity contribution in [3.05, 3.63) is 231 Å². The standard InChI is InChI=1S/C58H38N2S/c1-2-12-39(13-3-1)40-24-31-45(32-25-40)59(47-35-28-43(29-36-47)50-20-11-21-53-54-37-30-42-14-4-5-17-49(42)58(54)61-57(50)53)46-33-26-41(27-34-46)44-15-10-16-48(38-44)60-55-22-8-6-18-51(55)52-19-7-9-23-56(52)60/h1-38H. The Morgan fingerprint density at radius 2 is 0.803 bits per heavy atom. The second-order valence-electron chi connectivity index (χ2n) is 15.7. The van der Waals surface area contributed by atoms with Gasteiger partial charge >= 0.3 is 0 Å². The van der Waals surface area contributed by atoms with E-state index < -0.39 is 0 Å². The number of rotatable bonds is 7. The molecule has 0 bridgehead atoms. The van der Waals surface area contributed by atoms with Crippen molar-refractivity contribution in [3.63, 3.8) is 0 Å². The lowest BCUT2D eigenvalue weighted by Gasteiger charge is -2.26. The average Bonchev–Trinajstić information content (AvgIpc) is 3.89. The lowest BCUT2D eigenvalue weighted by molar-refractivity contribution is 1.18. The van der Waals surface area contributed by atoms with Gasteiger partial charge in [0.2, 0.25) is 0 Å². The first-order valence-corrected chi connectivity index (χ1v) is 21.6. The van der Waals surface area contributed by atoms with E-state index in [9.17, 15) is 0 Å². The van der Waals surface area contributed by atoms with Crippen LogP contribution in [0.2, 0.25) is 0 Å². The minimum absolute atomic E-state index is 1.10. The first kappa shape index (κ1) is 35.2. The highest BCUT2D eigenvalue weighted by Gasteiger charge is 2.17. The molecule has 0 fully saturated rings. The summed E-state index contributed by atoms with van der Waals surface area (Å²) in [4.78, 5) is 2.36. The molecule has 0 spiro atoms. The third-order valence-corrected chi connectivity index (χ3v) is 13.5. The van der Waals surface area contributed by atoms with Crippen LogP contribution in [0.5, 0.6) is 0 Å². The zero-order valence-corrected chi connectivity index (χ0v) is 34.1. The lowest BCUT2D eigenvalue weighted by atomic mass is 10.0. The molecular formula is C58H38N2S. The lowest BCUT2D eigenvalue weighted by Crippen LogP contribution is -2.09. The highest BCUT2D eigenvalue weighted by Crippen LogP contribution is 2.44. The zero-order chi connectivity index (χ0) is 40.3. The van der Waals surface area contributed by atoms with Crippen molar-refractivity contribution in [2.75, 3.05) is 4.90 Å². The van der Waals surface area contributed by atoms with E-state index in [1.165, 1.54) is 86.1 Å². The van der Waals surface area contributed by atoms with Crippen molar-refractivity contribution in [1.82, 2.24) is 4.57 Å². The number of para-hydroxylation sites is 2. The Hall–Kier alpha value is -7.72. The van der Waals surface area contributed by atoms with Crippen LogP contribution in [-0.2, 0) is 0 Å². The Balaban J connectivity index is 0.927. The molecule has 0 saturated heterocycles. The Kier molecular flexibility index (Phi) is 8.39. The largest absolute Gasteiger partial charge is 0.311 e. The molecule has 12 rings (SSSR count). The van der Waals surface area contributed by atoms with E-state index >= 15 is 0 Å². The highest BCUT2D eigenvalue weighted by atomic mass is 32.1. The predicted octanol–water partition coefficient (Wildman–Crippen LogP) is 16.8. The highest BCUT2D eigenvalue weighted by molar-refractivity contribution is 7.27. The third kappa shape index (κ3) is 6.01. The van der Waals surface area contributed by atoms with Gasteiger partial charge in [0.15, 0.2) is 0 Å². The van der Waals surface area contributed by atoms with Crippen molar-refractivity contribution in [2.24, 2.45) is 0 Å². The maximum atomic E-state index is 2.39. The fourth-order valence-electron chi connectivity index (χ4n) is 9.25. The molecule has 0 amide bonds. The number of benzene rings is 10. The molecule has 0 aliphatic heterocycles. The topological polar surface area (TPSA) is 8.17 Å². The van der Waals surface area contributed by atoms with Gasteiger partial charge in [0.25, 0.3) is 0 Å². The van der Waals surface area contributed by atoms with Gasteiger partial charge in [-0.2, -0.15) is 0 Å². The van der Waals surface area contributed by atoms with Gasteiger partial charge < -0.3 is 9.47 Å². The van der Waals surface area contributed by atoms with E-state index in [4.69, 9.17) is 0 Å². The van der Waals surface area contributed by atoms with Gasteiger partial charge in [-0.05, 0) is 105 Å². The number of fused-ring (bicyclic) bond motifs is 8. The number of hydrogen-bond acceptors (Lipinski definition) is 2. The van der Waals surface area contributed by atoms with E-state index in [0.29, 0.717) is 0 Å². The molecule has 286 valence electrons. The summed E-state index contributed by atoms with van der Waals surface area (Å²) in [6, 6.07) is 83.9. The SMILES string of the molecule is c1ccc(-c2ccc(N(c3ccc(-c4cccc(-n5c6ccccc6c6ccccc65)c4)cc3)c3ccc(-c4cccc5c4sc4c6ccccc6ccc54)cc3)cc2)cc1. The van der Waals surface area contributed by atoms with Gasteiger partial charge in [-0.1, -0.05) is 170 Å². The van der Waals surface area contributed by atoms with Gasteiger partial charge in [0.1, 0.15) is 0 Å². The molecule has 2 heterocycles. The summed E-state index contributed by atoms with van der Waals surface area (Å²) >= 11 is 1.90. The van der Waals surface area contributed by atoms with Crippen LogP contribution in [0.15, 0.2) is 231 Å². The summed E-state index contributed by atoms with van der Waals surface area (Å²) in [6.45, 7) is 0. The second kappa shape index (κ2) is 14.5. The van der Waals surface area contributed by atoms with Crippen LogP contribution in [-0.4, -0.2) is 4.57 Å². The van der Waals surface area contributed by atoms with E-state index in [1.807, 2.05) is 11.3 Å². The van der Waals surface area contributed by atoms with Crippen molar-refractivity contribution in [3.8, 4) is 39.1 Å². The number of anilines is 3. The maximum Gasteiger partial charge on any atom is 0.0541 e. The first-order valence-electron chi connectivity index (χ1n) is 20.8. The van der Waals surface area contributed by atoms with E-state index in [-0.39, 0.29) is 0 Å². The second-order valence-corrected chi connectivity index (χ2v) is 16.7. The van der Waals surface area contributed by atoms with Crippen LogP contribution < -0.4 is 4.90 Å². The fraction of sp³-hybridized carbons (Fsp3) is 0. The Labute approximate surface area is 358 Å². The van der Waals surface area contributed by atoms with E-state index in [0.717, 1.165) is 22.7 Å². The summed E-state index contributed by atoms with van der Waals surface area (Å²) in [5, 5.41) is 7.77. The summed E-state index contributed by atoms with van der Waals surface area (Å²) in [5.74, 6) is 0. The minimum atomic E-state index is 1.10. The van der Waals surface area contributed by atoms with Gasteiger partial charge in [-0.15, -0.1) is 11.3 Å². The van der Waals surface area contributed by atoms with Crippen LogP contribution in [0, 0.1) is 0 Å². The van der Waals surface area contributed by atoms with Crippen LogP contribution in [0.4, 0.5) is 17.1 Å². The molecule has 0 aliphatic carbocycles. The van der Waals surface area contributed by atoms with E-state index in [2.05, 4.69) is 240 Å². The van der Waals surface area contributed by atoms with Crippen LogP contribution in [0.1, 0.15) is 0 Å². The normalized spacial score (nSPS) is 11.6. The van der Waals surface area contributed by atoms with Crippen LogP contribution in [0.3, 0.4) is 0 Å². The molecule has 12 aromatic rings. The molecule has 0 unspecified atom stereocenters. The minimum Gasteiger partial charge on any atom is -0.311 e. The van der Waals surface area contributed by atoms with Crippen LogP contribution >= 0.6 is 11.3 Å². The van der Waals surface area contributed by atoms with E-state index in [1.54, 1.807) is 0 Å². The molecule has 0 saturated carbocycles. The quantitative estimate of drug-likeness (QED) is 0.156. The summed E-state index contributed by atoms with van der Waals surface area (Å²) in [7, 11) is 0. The Morgan fingerprint density at radius 3 is 1.48 bits per heavy atom. The summed E-state index contributed by atoms with van der Waals surface area (Å²) in [5.41, 5.74) is 14.1. The fourth-order valence-corrected chi connectivity index (χ4v) is 10.6. The first-order chi connectivity index (χ1) is 30.2. The van der Waals surface area contributed by atoms with Crippen molar-refractivity contribution in [1.29, 1.82) is 0 Å². The van der Waals surface area contributed by atoms with Crippen molar-refractivity contribution >= 4 is 81.1 Å². The molecule has 0 atom stereocenters. The number of hydrogen-bond donors (Lipinski definition) is 0. The molecule has 0 radical (unpaired) electrons. The molecule has 0 N–H and O–H groups in total. The molecule has 0 aliphatic rings. The number of nitrogens with zero attached hydrogens (tertiary/aromatic N) is 2. The molecule has 10 aromatic carbocycles. The monoisotopic (exact) mass is 794 g/mol. The van der Waals surface area contributed by atoms with Crippen molar-refractivity contribution in [2.45, 2.75) is 0 Å². The molecule has 2 aromatic heterocycles. The van der Waals surface area contributed by atoms with Crippen LogP contribution in [0.25, 0.3) is 91.8 Å². The van der Waals surface area contributed by atoms with Gasteiger partial charge in [-0.25, -0.2) is 0 Å². The van der Waals surface area contributed by atoms with Gasteiger partial charge in [0, 0.05) is 53.7 Å². The smallest absolute Gasteiger partial charge is 0.0541 e. The molecule has 61 heavy (non-hydrogen) atoms. The number of thiophene rings is 1. The molecule has 2 nitrogen and oxygen atoms in total. The van der Waals surface area contributed by atoms with Gasteiger partial charge in [0.05, 0.1) is 11.0 Å². The zero-order valence-electron chi connectivity index (χ0n) is 33.2. The molecular weight excluding hydrogens is 757 g/mol. The van der Waals surface area contributed by atoms with Gasteiger partial charge in [-0.3, -0.25) is 0 Å². The summed E-state index contributed by atoms with van der Waals surface area (Å²) < 4.78 is 5.06. The molecule has 3 heteroatoms. The predicted molar refractivity (Wildman–Crippen MR) is 262 cm³/mol. The summed E-state index contributed by atoms with van der Waals surface area (Å²) in [6.07, 6.45) is 0. The average molecular weight is 795 g/mol. The Bertz CT molecular complexity index is 3510. The number of aromatic nitrogens is 1. The van der Waals surface area contributed by atoms with Crippen molar-refractivity contribution < 1.29 is 0 Å². The third-order valence-electron chi connectivity index (χ3n) is 12.2.